The van der Waals surface area contributed by atoms with Crippen LogP contribution in [0.3, 0.4) is 0 Å². The van der Waals surface area contributed by atoms with Crippen molar-refractivity contribution in [1.29, 1.82) is 0 Å². The summed E-state index contributed by atoms with van der Waals surface area (Å²) in [4.78, 5) is 25.2. The van der Waals surface area contributed by atoms with Crippen LogP contribution < -0.4 is 5.32 Å². The Morgan fingerprint density at radius 3 is 2.55 bits per heavy atom. The van der Waals surface area contributed by atoms with Crippen LogP contribution in [0.4, 0.5) is 0 Å². The fourth-order valence-electron chi connectivity index (χ4n) is 5.36. The number of carbonyl (C=O) groups excluding carboxylic acids is 1. The number of thioether (sulfide) groups is 2. The molecule has 0 bridgehead atoms. The highest BCUT2D eigenvalue weighted by Crippen LogP contribution is 2.31. The number of carboxylic acids is 1. The molecule has 0 aromatic heterocycles. The SMILES string of the molecule is CCCCSCC(CC1CCCCC1)OCc1ccc(C(=O)NC(CCSC)C(=O)O)c(-c2ccccc2C)c1. The van der Waals surface area contributed by atoms with Gasteiger partial charge in [-0.15, -0.1) is 0 Å². The highest BCUT2D eigenvalue weighted by molar-refractivity contribution is 7.99. The number of rotatable bonds is 17. The molecule has 0 spiro atoms. The van der Waals surface area contributed by atoms with Gasteiger partial charge in [-0.25, -0.2) is 4.79 Å². The van der Waals surface area contributed by atoms with Gasteiger partial charge in [0.05, 0.1) is 12.7 Å². The lowest BCUT2D eigenvalue weighted by molar-refractivity contribution is -0.139. The first-order valence-corrected chi connectivity index (χ1v) is 17.4. The van der Waals surface area contributed by atoms with Crippen LogP contribution in [0, 0.1) is 12.8 Å². The van der Waals surface area contributed by atoms with Gasteiger partial charge in [0.15, 0.2) is 0 Å². The lowest BCUT2D eigenvalue weighted by Crippen LogP contribution is -2.41. The average molecular weight is 586 g/mol. The van der Waals surface area contributed by atoms with Crippen LogP contribution in [0.25, 0.3) is 11.1 Å². The number of unbranched alkanes of at least 4 members (excludes halogenated alkanes) is 1. The molecule has 2 atom stereocenters. The van der Waals surface area contributed by atoms with Crippen molar-refractivity contribution in [3.05, 3.63) is 59.2 Å². The number of aliphatic carboxylic acids is 1. The van der Waals surface area contributed by atoms with E-state index < -0.39 is 12.0 Å². The molecule has 0 radical (unpaired) electrons. The number of carbonyl (C=O) groups is 2. The van der Waals surface area contributed by atoms with Crippen LogP contribution in [0.1, 0.15) is 86.2 Å². The molecule has 1 amide bonds. The molecule has 1 aliphatic carbocycles. The predicted molar refractivity (Wildman–Crippen MR) is 171 cm³/mol. The number of nitrogens with one attached hydrogen (secondary N) is 1. The highest BCUT2D eigenvalue weighted by atomic mass is 32.2. The van der Waals surface area contributed by atoms with E-state index in [1.807, 2.05) is 61.3 Å². The van der Waals surface area contributed by atoms with E-state index in [1.54, 1.807) is 11.8 Å². The molecule has 0 saturated heterocycles. The van der Waals surface area contributed by atoms with Crippen LogP contribution in [0.15, 0.2) is 42.5 Å². The molecule has 0 aliphatic heterocycles. The zero-order valence-electron chi connectivity index (χ0n) is 24.5. The van der Waals surface area contributed by atoms with Crippen molar-refractivity contribution in [1.82, 2.24) is 5.32 Å². The molecule has 1 saturated carbocycles. The quantitative estimate of drug-likeness (QED) is 0.183. The Kier molecular flexibility index (Phi) is 14.5. The Morgan fingerprint density at radius 1 is 1.07 bits per heavy atom. The molecule has 0 heterocycles. The maximum absolute atomic E-state index is 13.4. The zero-order chi connectivity index (χ0) is 28.7. The van der Waals surface area contributed by atoms with Crippen molar-refractivity contribution < 1.29 is 19.4 Å². The highest BCUT2D eigenvalue weighted by Gasteiger charge is 2.24. The molecular weight excluding hydrogens is 539 g/mol. The van der Waals surface area contributed by atoms with Crippen molar-refractivity contribution in [2.75, 3.05) is 23.5 Å². The van der Waals surface area contributed by atoms with E-state index in [0.29, 0.717) is 24.3 Å². The van der Waals surface area contributed by atoms with Crippen molar-refractivity contribution in [2.45, 2.75) is 90.4 Å². The second-order valence-electron chi connectivity index (χ2n) is 10.9. The Labute approximate surface area is 249 Å². The van der Waals surface area contributed by atoms with Crippen LogP contribution in [0.5, 0.6) is 0 Å². The fourth-order valence-corrected chi connectivity index (χ4v) is 6.99. The first-order valence-electron chi connectivity index (χ1n) is 14.8. The summed E-state index contributed by atoms with van der Waals surface area (Å²) in [7, 11) is 0. The smallest absolute Gasteiger partial charge is 0.326 e. The van der Waals surface area contributed by atoms with E-state index in [4.69, 9.17) is 4.74 Å². The monoisotopic (exact) mass is 585 g/mol. The van der Waals surface area contributed by atoms with E-state index in [-0.39, 0.29) is 12.0 Å². The maximum atomic E-state index is 13.4. The first kappa shape index (κ1) is 32.6. The van der Waals surface area contributed by atoms with Crippen LogP contribution in [0.2, 0.25) is 0 Å². The van der Waals surface area contributed by atoms with E-state index in [9.17, 15) is 14.7 Å². The summed E-state index contributed by atoms with van der Waals surface area (Å²) in [6.45, 7) is 4.77. The molecule has 2 aromatic carbocycles. The number of hydrogen-bond acceptors (Lipinski definition) is 5. The number of carboxylic acid groups (broad SMARTS) is 1. The largest absolute Gasteiger partial charge is 0.480 e. The molecule has 2 N–H and O–H groups in total. The molecule has 2 aromatic rings. The van der Waals surface area contributed by atoms with E-state index >= 15 is 0 Å². The lowest BCUT2D eigenvalue weighted by atomic mass is 9.85. The summed E-state index contributed by atoms with van der Waals surface area (Å²) in [5, 5.41) is 12.4. The summed E-state index contributed by atoms with van der Waals surface area (Å²) in [6.07, 6.45) is 12.8. The maximum Gasteiger partial charge on any atom is 0.326 e. The van der Waals surface area contributed by atoms with Crippen molar-refractivity contribution >= 4 is 35.4 Å². The van der Waals surface area contributed by atoms with Crippen molar-refractivity contribution in [3.8, 4) is 11.1 Å². The third kappa shape index (κ3) is 10.5. The number of hydrogen-bond donors (Lipinski definition) is 2. The summed E-state index contributed by atoms with van der Waals surface area (Å²) in [6, 6.07) is 12.9. The Bertz CT molecular complexity index is 1070. The van der Waals surface area contributed by atoms with Gasteiger partial charge in [-0.3, -0.25) is 4.79 Å². The van der Waals surface area contributed by atoms with Crippen LogP contribution in [-0.2, 0) is 16.1 Å². The van der Waals surface area contributed by atoms with Gasteiger partial charge in [0.2, 0.25) is 0 Å². The van der Waals surface area contributed by atoms with Gasteiger partial charge in [-0.1, -0.05) is 75.8 Å². The zero-order valence-corrected chi connectivity index (χ0v) is 26.1. The summed E-state index contributed by atoms with van der Waals surface area (Å²) >= 11 is 3.57. The second kappa shape index (κ2) is 17.8. The predicted octanol–water partition coefficient (Wildman–Crippen LogP) is 7.99. The Morgan fingerprint density at radius 2 is 1.85 bits per heavy atom. The van der Waals surface area contributed by atoms with Gasteiger partial charge in [0.1, 0.15) is 6.04 Å². The van der Waals surface area contributed by atoms with Gasteiger partial charge in [0, 0.05) is 11.3 Å². The van der Waals surface area contributed by atoms with Gasteiger partial charge in [0.25, 0.3) is 5.91 Å². The molecule has 1 aliphatic rings. The van der Waals surface area contributed by atoms with E-state index in [0.717, 1.165) is 40.3 Å². The third-order valence-electron chi connectivity index (χ3n) is 7.73. The standard InChI is InChI=1S/C33H47NO4S2/c1-4-5-18-40-23-27(20-25-12-7-6-8-13-25)38-22-26-15-16-29(30(21-26)28-14-10-9-11-24(28)2)32(35)34-31(33(36)37)17-19-39-3/h9-11,14-16,21,25,27,31H,4-8,12-13,17-20,22-23H2,1-3H3,(H,34,35)(H,36,37). The normalized spacial score (nSPS) is 15.5. The molecule has 220 valence electrons. The average Bonchev–Trinajstić information content (AvgIpc) is 2.96. The minimum absolute atomic E-state index is 0.225. The molecule has 5 nitrogen and oxygen atoms in total. The summed E-state index contributed by atoms with van der Waals surface area (Å²) in [5.74, 6) is 2.25. The number of benzene rings is 2. The molecule has 40 heavy (non-hydrogen) atoms. The first-order chi connectivity index (χ1) is 19.4. The van der Waals surface area contributed by atoms with E-state index in [1.165, 1.54) is 50.7 Å². The topological polar surface area (TPSA) is 75.6 Å². The van der Waals surface area contributed by atoms with Crippen molar-refractivity contribution in [2.24, 2.45) is 5.92 Å². The molecule has 2 unspecified atom stereocenters. The molecule has 3 rings (SSSR count). The van der Waals surface area contributed by atoms with Crippen molar-refractivity contribution in [3.63, 3.8) is 0 Å². The fraction of sp³-hybridized carbons (Fsp3) is 0.576. The Balaban J connectivity index is 1.80. The number of ether oxygens (including phenoxy) is 1. The molecule has 7 heteroatoms. The Hall–Kier alpha value is -1.96. The number of amides is 1. The molecular formula is C33H47NO4S2. The minimum Gasteiger partial charge on any atom is -0.480 e. The third-order valence-corrected chi connectivity index (χ3v) is 9.56. The second-order valence-corrected chi connectivity index (χ2v) is 13.1. The number of aryl methyl sites for hydroxylation is 1. The van der Waals surface area contributed by atoms with Gasteiger partial charge in [-0.2, -0.15) is 23.5 Å². The lowest BCUT2D eigenvalue weighted by Gasteiger charge is -2.27. The van der Waals surface area contributed by atoms with Gasteiger partial charge >= 0.3 is 5.97 Å². The van der Waals surface area contributed by atoms with E-state index in [2.05, 4.69) is 18.3 Å². The summed E-state index contributed by atoms with van der Waals surface area (Å²) in [5.41, 5.74) is 4.36. The summed E-state index contributed by atoms with van der Waals surface area (Å²) < 4.78 is 6.57. The molecule has 1 fully saturated rings. The van der Waals surface area contributed by atoms with Gasteiger partial charge < -0.3 is 15.2 Å². The van der Waals surface area contributed by atoms with Gasteiger partial charge in [-0.05, 0) is 84.3 Å². The van der Waals surface area contributed by atoms with Crippen LogP contribution >= 0.6 is 23.5 Å². The van der Waals surface area contributed by atoms with Crippen LogP contribution in [-0.4, -0.2) is 52.6 Å². The minimum atomic E-state index is -1.01.